The molecule has 0 atom stereocenters. The Morgan fingerprint density at radius 2 is 1.26 bits per heavy atom. The molecular weight excluding hydrogens is 464 g/mol. The van der Waals surface area contributed by atoms with Gasteiger partial charge in [0.2, 0.25) is 0 Å². The van der Waals surface area contributed by atoms with E-state index in [1.165, 1.54) is 0 Å². The van der Waals surface area contributed by atoms with E-state index in [0.29, 0.717) is 70.2 Å². The predicted molar refractivity (Wildman–Crippen MR) is 118 cm³/mol. The highest BCUT2D eigenvalue weighted by Crippen LogP contribution is 2.22. The molecule has 0 aromatic heterocycles. The number of rotatable bonds is 17. The topological polar surface area (TPSA) is 130 Å². The van der Waals surface area contributed by atoms with E-state index in [4.69, 9.17) is 28.6 Å². The zero-order valence-electron chi connectivity index (χ0n) is 19.5. The summed E-state index contributed by atoms with van der Waals surface area (Å²) in [7, 11) is 0. The largest absolute Gasteiger partial charge is 0.378 e. The summed E-state index contributed by atoms with van der Waals surface area (Å²) in [4.78, 5) is 57.4. The van der Waals surface area contributed by atoms with Gasteiger partial charge in [0.05, 0.1) is 83.6 Å². The first-order chi connectivity index (χ1) is 17.1. The van der Waals surface area contributed by atoms with Crippen molar-refractivity contribution in [3.05, 3.63) is 35.4 Å². The van der Waals surface area contributed by atoms with E-state index < -0.39 is 17.8 Å². The van der Waals surface area contributed by atoms with E-state index in [2.05, 4.69) is 0 Å². The lowest BCUT2D eigenvalue weighted by Crippen LogP contribution is -2.31. The highest BCUT2D eigenvalue weighted by molar-refractivity contribution is 6.20. The number of carbonyl (C=O) groups is 4. The summed E-state index contributed by atoms with van der Waals surface area (Å²) >= 11 is 0. The Hall–Kier alpha value is -2.90. The Bertz CT molecular complexity index is 843. The van der Waals surface area contributed by atoms with Gasteiger partial charge in [0.1, 0.15) is 0 Å². The molecule has 0 spiro atoms. The third kappa shape index (κ3) is 8.37. The van der Waals surface area contributed by atoms with Crippen LogP contribution in [0.3, 0.4) is 0 Å². The number of nitrogens with zero attached hydrogens (tertiary/aromatic N) is 2. The van der Waals surface area contributed by atoms with Crippen molar-refractivity contribution in [2.75, 3.05) is 66.0 Å². The molecule has 1 aromatic carbocycles. The smallest absolute Gasteiger partial charge is 0.334 e. The van der Waals surface area contributed by atoms with Gasteiger partial charge in [-0.05, 0) is 18.6 Å². The maximum absolute atomic E-state index is 12.1. The number of carbonyl (C=O) groups excluding carboxylic acids is 4. The highest BCUT2D eigenvalue weighted by Gasteiger charge is 2.36. The Kier molecular flexibility index (Phi) is 11.1. The predicted octanol–water partition coefficient (Wildman–Crippen LogP) is 0.751. The standard InChI is InChI=1S/C23H30N2O10/c26-20-6-3-8-24(20)35-21(27)7-9-30-10-11-31-12-13-32-14-15-33-16-17-34-25-22(28)18-4-1-2-5-19(18)23(25)29/h1-2,4-5H,3,6-17H2. The van der Waals surface area contributed by atoms with Crippen LogP contribution in [0.25, 0.3) is 0 Å². The Labute approximate surface area is 202 Å². The molecule has 35 heavy (non-hydrogen) atoms. The summed E-state index contributed by atoms with van der Waals surface area (Å²) in [6.07, 6.45) is 1.18. The van der Waals surface area contributed by atoms with Gasteiger partial charge in [-0.15, -0.1) is 5.06 Å². The van der Waals surface area contributed by atoms with Crippen molar-refractivity contribution in [1.82, 2.24) is 10.1 Å². The van der Waals surface area contributed by atoms with Crippen molar-refractivity contribution in [2.45, 2.75) is 19.3 Å². The number of ether oxygens (including phenoxy) is 4. The zero-order chi connectivity index (χ0) is 24.9. The van der Waals surface area contributed by atoms with Gasteiger partial charge in [0.25, 0.3) is 17.7 Å². The summed E-state index contributed by atoms with van der Waals surface area (Å²) < 4.78 is 21.4. The van der Waals surface area contributed by atoms with Crippen LogP contribution < -0.4 is 0 Å². The van der Waals surface area contributed by atoms with Crippen LogP contribution in [0.1, 0.15) is 40.0 Å². The minimum atomic E-state index is -0.494. The van der Waals surface area contributed by atoms with Crippen molar-refractivity contribution in [3.8, 4) is 0 Å². The molecule has 0 aliphatic carbocycles. The molecule has 0 N–H and O–H groups in total. The van der Waals surface area contributed by atoms with Crippen LogP contribution in [-0.2, 0) is 38.2 Å². The third-order valence-corrected chi connectivity index (χ3v) is 5.01. The molecular formula is C23H30N2O10. The summed E-state index contributed by atoms with van der Waals surface area (Å²) in [5, 5.41) is 1.86. The molecule has 0 radical (unpaired) electrons. The molecule has 1 aromatic rings. The molecule has 2 aliphatic rings. The molecule has 12 heteroatoms. The Morgan fingerprint density at radius 3 is 1.77 bits per heavy atom. The van der Waals surface area contributed by atoms with E-state index in [1.54, 1.807) is 24.3 Å². The quantitative estimate of drug-likeness (QED) is 0.226. The summed E-state index contributed by atoms with van der Waals surface area (Å²) in [5.41, 5.74) is 0.661. The van der Waals surface area contributed by atoms with Crippen molar-refractivity contribution in [2.24, 2.45) is 0 Å². The molecule has 2 heterocycles. The molecule has 0 saturated carbocycles. The lowest BCUT2D eigenvalue weighted by Gasteiger charge is -2.14. The minimum Gasteiger partial charge on any atom is -0.378 e. The van der Waals surface area contributed by atoms with Gasteiger partial charge in [-0.3, -0.25) is 19.2 Å². The highest BCUT2D eigenvalue weighted by atomic mass is 16.7. The first-order valence-electron chi connectivity index (χ1n) is 11.5. The normalized spacial score (nSPS) is 15.3. The average molecular weight is 494 g/mol. The van der Waals surface area contributed by atoms with Crippen LogP contribution >= 0.6 is 0 Å². The lowest BCUT2D eigenvalue weighted by atomic mass is 10.1. The van der Waals surface area contributed by atoms with Gasteiger partial charge in [-0.25, -0.2) is 4.79 Å². The Balaban J connectivity index is 1.06. The maximum atomic E-state index is 12.1. The van der Waals surface area contributed by atoms with E-state index in [1.807, 2.05) is 0 Å². The van der Waals surface area contributed by atoms with Crippen LogP contribution in [0.5, 0.6) is 0 Å². The fourth-order valence-corrected chi connectivity index (χ4v) is 3.28. The molecule has 3 rings (SSSR count). The molecule has 192 valence electrons. The van der Waals surface area contributed by atoms with Crippen LogP contribution in [0.15, 0.2) is 24.3 Å². The number of amides is 3. The van der Waals surface area contributed by atoms with Gasteiger partial charge in [-0.2, -0.15) is 5.06 Å². The molecule has 0 unspecified atom stereocenters. The van der Waals surface area contributed by atoms with Gasteiger partial charge < -0.3 is 23.8 Å². The van der Waals surface area contributed by atoms with Crippen LogP contribution in [0, 0.1) is 0 Å². The number of benzene rings is 1. The van der Waals surface area contributed by atoms with E-state index in [-0.39, 0.29) is 32.1 Å². The van der Waals surface area contributed by atoms with Gasteiger partial charge in [0, 0.05) is 6.42 Å². The minimum absolute atomic E-state index is 0.0582. The monoisotopic (exact) mass is 494 g/mol. The van der Waals surface area contributed by atoms with Gasteiger partial charge in [-0.1, -0.05) is 12.1 Å². The molecule has 12 nitrogen and oxygen atoms in total. The second-order valence-electron chi connectivity index (χ2n) is 7.55. The summed E-state index contributed by atoms with van der Waals surface area (Å²) in [5.74, 6) is -1.61. The SMILES string of the molecule is O=C(CCOCCOCCOCCOCCON1C(=O)c2ccccc2C1=O)ON1CCCC1=O. The average Bonchev–Trinajstić information content (AvgIpc) is 3.37. The third-order valence-electron chi connectivity index (χ3n) is 5.01. The fourth-order valence-electron chi connectivity index (χ4n) is 3.28. The van der Waals surface area contributed by atoms with E-state index in [0.717, 1.165) is 10.1 Å². The van der Waals surface area contributed by atoms with Crippen molar-refractivity contribution >= 4 is 23.7 Å². The number of hydrogen-bond acceptors (Lipinski definition) is 10. The van der Waals surface area contributed by atoms with Crippen LogP contribution in [0.2, 0.25) is 0 Å². The second-order valence-corrected chi connectivity index (χ2v) is 7.55. The Morgan fingerprint density at radius 1 is 0.743 bits per heavy atom. The number of imide groups is 1. The molecule has 1 fully saturated rings. The van der Waals surface area contributed by atoms with Crippen molar-refractivity contribution < 1.29 is 47.8 Å². The van der Waals surface area contributed by atoms with Crippen LogP contribution in [-0.4, -0.2) is 99.8 Å². The molecule has 2 aliphatic heterocycles. The maximum Gasteiger partial charge on any atom is 0.334 e. The van der Waals surface area contributed by atoms with Crippen LogP contribution in [0.4, 0.5) is 0 Å². The first-order valence-corrected chi connectivity index (χ1v) is 11.5. The number of fused-ring (bicyclic) bond motifs is 1. The molecule has 1 saturated heterocycles. The van der Waals surface area contributed by atoms with E-state index >= 15 is 0 Å². The summed E-state index contributed by atoms with van der Waals surface area (Å²) in [6.45, 7) is 3.02. The zero-order valence-corrected chi connectivity index (χ0v) is 19.5. The second kappa shape index (κ2) is 14.5. The van der Waals surface area contributed by atoms with Crippen molar-refractivity contribution in [1.29, 1.82) is 0 Å². The molecule has 0 bridgehead atoms. The van der Waals surface area contributed by atoms with Crippen molar-refractivity contribution in [3.63, 3.8) is 0 Å². The number of hydroxylamine groups is 4. The first kappa shape index (κ1) is 26.7. The fraction of sp³-hybridized carbons (Fsp3) is 0.565. The van der Waals surface area contributed by atoms with Gasteiger partial charge in [0.15, 0.2) is 0 Å². The van der Waals surface area contributed by atoms with Gasteiger partial charge >= 0.3 is 5.97 Å². The van der Waals surface area contributed by atoms with E-state index in [9.17, 15) is 19.2 Å². The number of hydrogen-bond donors (Lipinski definition) is 0. The lowest BCUT2D eigenvalue weighted by molar-refractivity contribution is -0.193. The summed E-state index contributed by atoms with van der Waals surface area (Å²) in [6, 6.07) is 6.56. The molecule has 3 amide bonds.